The molecule has 1 aromatic rings. The number of aliphatic hydroxyl groups excluding tert-OH is 2. The molecule has 1 heterocycles. The highest BCUT2D eigenvalue weighted by Crippen LogP contribution is 2.31. The number of hydrogen-bond donors (Lipinski definition) is 4. The Labute approximate surface area is 113 Å². The molecule has 108 valence electrons. The van der Waals surface area contributed by atoms with Gasteiger partial charge in [-0.25, -0.2) is 0 Å². The van der Waals surface area contributed by atoms with Gasteiger partial charge in [-0.3, -0.25) is 10.1 Å². The number of rotatable bonds is 3. The number of hydrogen-bond acceptors (Lipinski definition) is 7. The van der Waals surface area contributed by atoms with Crippen LogP contribution in [0.3, 0.4) is 0 Å². The molecular weight excluding hydrogens is 268 g/mol. The van der Waals surface area contributed by atoms with Crippen LogP contribution in [0.5, 0.6) is 0 Å². The van der Waals surface area contributed by atoms with Crippen LogP contribution in [0.15, 0.2) is 23.4 Å². The van der Waals surface area contributed by atoms with E-state index in [0.717, 1.165) is 0 Å². The van der Waals surface area contributed by atoms with Gasteiger partial charge in [0, 0.05) is 24.7 Å². The molecule has 0 bridgehead atoms. The van der Waals surface area contributed by atoms with Gasteiger partial charge in [0.15, 0.2) is 5.84 Å². The van der Waals surface area contributed by atoms with Gasteiger partial charge in [0.25, 0.3) is 5.69 Å². The minimum atomic E-state index is -0.946. The van der Waals surface area contributed by atoms with Crippen LogP contribution in [0.25, 0.3) is 0 Å². The lowest BCUT2D eigenvalue weighted by Crippen LogP contribution is -2.22. The quantitative estimate of drug-likeness (QED) is 0.187. The van der Waals surface area contributed by atoms with Crippen molar-refractivity contribution >= 4 is 17.2 Å². The van der Waals surface area contributed by atoms with Gasteiger partial charge in [0.2, 0.25) is 0 Å². The molecule has 1 saturated heterocycles. The SMILES string of the molecule is N/C(=N/O)c1ccc(N2CC(O)C(O)C2)c([N+](=O)[O-])c1. The molecule has 9 heteroatoms. The highest BCUT2D eigenvalue weighted by atomic mass is 16.6. The molecule has 1 aliphatic rings. The van der Waals surface area contributed by atoms with E-state index in [1.54, 1.807) is 0 Å². The van der Waals surface area contributed by atoms with Crippen LogP contribution in [0.2, 0.25) is 0 Å². The molecular formula is C11H14N4O5. The molecule has 1 fully saturated rings. The Bertz CT molecular complexity index is 552. The summed E-state index contributed by atoms with van der Waals surface area (Å²) >= 11 is 0. The summed E-state index contributed by atoms with van der Waals surface area (Å²) in [6.07, 6.45) is -1.89. The van der Waals surface area contributed by atoms with Crippen molar-refractivity contribution in [2.75, 3.05) is 18.0 Å². The summed E-state index contributed by atoms with van der Waals surface area (Å²) in [6.45, 7) is 0.204. The van der Waals surface area contributed by atoms with Crippen LogP contribution < -0.4 is 10.6 Å². The van der Waals surface area contributed by atoms with E-state index < -0.39 is 17.1 Å². The van der Waals surface area contributed by atoms with Crippen molar-refractivity contribution in [1.82, 2.24) is 0 Å². The largest absolute Gasteiger partial charge is 0.409 e. The summed E-state index contributed by atoms with van der Waals surface area (Å²) in [4.78, 5) is 12.0. The normalized spacial score (nSPS) is 23.1. The smallest absolute Gasteiger partial charge is 0.293 e. The number of amidine groups is 1. The molecule has 2 rings (SSSR count). The third-order valence-electron chi connectivity index (χ3n) is 3.18. The third-order valence-corrected chi connectivity index (χ3v) is 3.18. The maximum absolute atomic E-state index is 11.1. The number of nitro benzene ring substituents is 1. The van der Waals surface area contributed by atoms with Gasteiger partial charge in [0.1, 0.15) is 5.69 Å². The molecule has 0 amide bonds. The van der Waals surface area contributed by atoms with Crippen molar-refractivity contribution in [1.29, 1.82) is 0 Å². The fourth-order valence-electron chi connectivity index (χ4n) is 2.12. The lowest BCUT2D eigenvalue weighted by Gasteiger charge is -2.17. The highest BCUT2D eigenvalue weighted by molar-refractivity contribution is 5.98. The van der Waals surface area contributed by atoms with E-state index in [1.807, 2.05) is 0 Å². The van der Waals surface area contributed by atoms with E-state index in [4.69, 9.17) is 10.9 Å². The van der Waals surface area contributed by atoms with Crippen molar-refractivity contribution in [3.05, 3.63) is 33.9 Å². The van der Waals surface area contributed by atoms with Crippen molar-refractivity contribution < 1.29 is 20.3 Å². The molecule has 0 aromatic heterocycles. The average molecular weight is 282 g/mol. The molecule has 0 radical (unpaired) electrons. The predicted molar refractivity (Wildman–Crippen MR) is 69.8 cm³/mol. The fraction of sp³-hybridized carbons (Fsp3) is 0.364. The molecule has 9 nitrogen and oxygen atoms in total. The number of oxime groups is 1. The van der Waals surface area contributed by atoms with Crippen molar-refractivity contribution in [2.24, 2.45) is 10.9 Å². The monoisotopic (exact) mass is 282 g/mol. The average Bonchev–Trinajstić information content (AvgIpc) is 2.77. The van der Waals surface area contributed by atoms with E-state index in [0.29, 0.717) is 0 Å². The molecule has 1 aromatic carbocycles. The van der Waals surface area contributed by atoms with Gasteiger partial charge in [-0.2, -0.15) is 0 Å². The first-order chi connectivity index (χ1) is 9.43. The van der Waals surface area contributed by atoms with E-state index in [9.17, 15) is 20.3 Å². The van der Waals surface area contributed by atoms with Crippen molar-refractivity contribution in [2.45, 2.75) is 12.2 Å². The molecule has 20 heavy (non-hydrogen) atoms. The fourth-order valence-corrected chi connectivity index (χ4v) is 2.12. The lowest BCUT2D eigenvalue weighted by molar-refractivity contribution is -0.384. The number of benzene rings is 1. The van der Waals surface area contributed by atoms with Gasteiger partial charge in [0.05, 0.1) is 17.1 Å². The Morgan fingerprint density at radius 3 is 2.50 bits per heavy atom. The summed E-state index contributed by atoms with van der Waals surface area (Å²) in [5.41, 5.74) is 5.63. The summed E-state index contributed by atoms with van der Waals surface area (Å²) in [6, 6.07) is 4.09. The molecule has 0 aliphatic carbocycles. The van der Waals surface area contributed by atoms with Gasteiger partial charge < -0.3 is 26.1 Å². The molecule has 1 aliphatic heterocycles. The zero-order chi connectivity index (χ0) is 14.9. The molecule has 5 N–H and O–H groups in total. The molecule has 0 spiro atoms. The zero-order valence-electron chi connectivity index (χ0n) is 10.4. The van der Waals surface area contributed by atoms with E-state index in [-0.39, 0.29) is 35.9 Å². The minimum Gasteiger partial charge on any atom is -0.409 e. The second-order valence-corrected chi connectivity index (χ2v) is 4.49. The first-order valence-electron chi connectivity index (χ1n) is 5.81. The summed E-state index contributed by atoms with van der Waals surface area (Å²) in [5, 5.41) is 41.5. The summed E-state index contributed by atoms with van der Waals surface area (Å²) in [7, 11) is 0. The number of β-amino-alcohol motifs (C(OH)–C–C–N with tert-alkyl or cyclic N) is 2. The number of aliphatic hydroxyl groups is 2. The molecule has 0 saturated carbocycles. The maximum Gasteiger partial charge on any atom is 0.293 e. The molecule has 2 unspecified atom stereocenters. The second-order valence-electron chi connectivity index (χ2n) is 4.49. The van der Waals surface area contributed by atoms with Gasteiger partial charge in [-0.05, 0) is 12.1 Å². The number of nitrogens with zero attached hydrogens (tertiary/aromatic N) is 3. The highest BCUT2D eigenvalue weighted by Gasteiger charge is 2.33. The van der Waals surface area contributed by atoms with Crippen LogP contribution in [-0.4, -0.2) is 51.5 Å². The van der Waals surface area contributed by atoms with Crippen molar-refractivity contribution in [3.63, 3.8) is 0 Å². The Kier molecular flexibility index (Phi) is 3.72. The van der Waals surface area contributed by atoms with Crippen molar-refractivity contribution in [3.8, 4) is 0 Å². The van der Waals surface area contributed by atoms with Crippen LogP contribution in [0, 0.1) is 10.1 Å². The maximum atomic E-state index is 11.1. The standard InChI is InChI=1S/C11H14N4O5/c12-11(13-18)6-1-2-7(8(3-6)15(19)20)14-4-9(16)10(17)5-14/h1-3,9-10,16-18H,4-5H2,(H2,12,13). The van der Waals surface area contributed by atoms with E-state index >= 15 is 0 Å². The topological polar surface area (TPSA) is 145 Å². The summed E-state index contributed by atoms with van der Waals surface area (Å²) < 4.78 is 0. The zero-order valence-corrected chi connectivity index (χ0v) is 10.4. The number of nitro groups is 1. The third kappa shape index (κ3) is 2.49. The second kappa shape index (κ2) is 5.31. The number of anilines is 1. The van der Waals surface area contributed by atoms with Gasteiger partial charge in [-0.15, -0.1) is 0 Å². The first kappa shape index (κ1) is 14.0. The molecule has 2 atom stereocenters. The predicted octanol–water partition coefficient (Wildman–Crippen LogP) is -0.769. The Morgan fingerprint density at radius 2 is 2.00 bits per heavy atom. The van der Waals surface area contributed by atoms with E-state index in [2.05, 4.69) is 5.16 Å². The van der Waals surface area contributed by atoms with Crippen LogP contribution in [0.1, 0.15) is 5.56 Å². The van der Waals surface area contributed by atoms with Crippen LogP contribution >= 0.6 is 0 Å². The van der Waals surface area contributed by atoms with Gasteiger partial charge in [-0.1, -0.05) is 5.16 Å². The summed E-state index contributed by atoms with van der Waals surface area (Å²) in [5.74, 6) is -0.235. The minimum absolute atomic E-state index is 0.102. The Hall–Kier alpha value is -2.39. The van der Waals surface area contributed by atoms with Crippen LogP contribution in [-0.2, 0) is 0 Å². The van der Waals surface area contributed by atoms with Crippen LogP contribution in [0.4, 0.5) is 11.4 Å². The van der Waals surface area contributed by atoms with E-state index in [1.165, 1.54) is 23.1 Å². The Morgan fingerprint density at radius 1 is 1.40 bits per heavy atom. The first-order valence-corrected chi connectivity index (χ1v) is 5.81. The van der Waals surface area contributed by atoms with Gasteiger partial charge >= 0.3 is 0 Å². The Balaban J connectivity index is 2.41. The lowest BCUT2D eigenvalue weighted by atomic mass is 10.1. The number of nitrogens with two attached hydrogens (primary N) is 1.